The molecule has 2 bridgehead atoms. The van der Waals surface area contributed by atoms with Crippen LogP contribution in [0.3, 0.4) is 0 Å². The first-order valence-electron chi connectivity index (χ1n) is 13.4. The van der Waals surface area contributed by atoms with Gasteiger partial charge in [0.15, 0.2) is 0 Å². The number of hydrogen-bond acceptors (Lipinski definition) is 5. The van der Waals surface area contributed by atoms with Crippen LogP contribution in [0.1, 0.15) is 60.8 Å². The number of ether oxygens (including phenoxy) is 1. The molecule has 3 aliphatic rings. The number of hydrogen-bond donors (Lipinski definition) is 1. The number of carbonyl (C=O) groups excluding carboxylic acids is 3. The van der Waals surface area contributed by atoms with Crippen LogP contribution in [0.5, 0.6) is 0 Å². The Bertz CT molecular complexity index is 888. The second-order valence-electron chi connectivity index (χ2n) is 11.4. The molecule has 0 radical (unpaired) electrons. The molecule has 0 aromatic carbocycles. The molecule has 1 N–H and O–H groups in total. The summed E-state index contributed by atoms with van der Waals surface area (Å²) in [5.41, 5.74) is -1.94. The number of amides is 3. The van der Waals surface area contributed by atoms with E-state index in [2.05, 4.69) is 13.2 Å². The quantitative estimate of drug-likeness (QED) is 0.414. The monoisotopic (exact) mass is 503 g/mol. The lowest BCUT2D eigenvalue weighted by Crippen LogP contribution is -2.60. The standard InChI is InChI=1S/C28H45N3O5/c1-9-14-29(15-10-2)24(33)21-22-25(34)31(20(17-32)18(4)5)23(26(35)30(16-11-3)19(6)7)28(22)13-12-27(21,8)36-28/h9,11,18-23,32H,1,3,10,12-17H2,2,4-8H3/t20-,21-,22-,23?,27+,28?/m0/s1. The summed E-state index contributed by atoms with van der Waals surface area (Å²) in [7, 11) is 0. The molecule has 3 heterocycles. The summed E-state index contributed by atoms with van der Waals surface area (Å²) in [5.74, 6) is -2.15. The summed E-state index contributed by atoms with van der Waals surface area (Å²) < 4.78 is 6.74. The molecular weight excluding hydrogens is 458 g/mol. The van der Waals surface area contributed by atoms with E-state index >= 15 is 0 Å². The van der Waals surface area contributed by atoms with Gasteiger partial charge in [-0.15, -0.1) is 13.2 Å². The van der Waals surface area contributed by atoms with Gasteiger partial charge in [0.25, 0.3) is 0 Å². The third kappa shape index (κ3) is 4.30. The second kappa shape index (κ2) is 10.7. The minimum atomic E-state index is -1.11. The molecule has 202 valence electrons. The summed E-state index contributed by atoms with van der Waals surface area (Å²) >= 11 is 0. The average molecular weight is 504 g/mol. The van der Waals surface area contributed by atoms with E-state index in [-0.39, 0.29) is 36.3 Å². The van der Waals surface area contributed by atoms with E-state index in [0.717, 1.165) is 6.42 Å². The van der Waals surface area contributed by atoms with Gasteiger partial charge in [-0.25, -0.2) is 0 Å². The number of aliphatic hydroxyl groups is 1. The summed E-state index contributed by atoms with van der Waals surface area (Å²) in [5, 5.41) is 10.3. The normalized spacial score (nSPS) is 31.6. The van der Waals surface area contributed by atoms with Gasteiger partial charge in [0, 0.05) is 25.7 Å². The molecule has 3 rings (SSSR count). The minimum absolute atomic E-state index is 0.0873. The number of nitrogens with zero attached hydrogens (tertiary/aromatic N) is 3. The van der Waals surface area contributed by atoms with E-state index in [1.54, 1.807) is 26.9 Å². The highest BCUT2D eigenvalue weighted by atomic mass is 16.5. The third-order valence-electron chi connectivity index (χ3n) is 8.42. The van der Waals surface area contributed by atoms with Gasteiger partial charge in [0.1, 0.15) is 11.6 Å². The number of fused-ring (bicyclic) bond motifs is 1. The molecule has 8 nitrogen and oxygen atoms in total. The van der Waals surface area contributed by atoms with E-state index in [0.29, 0.717) is 32.5 Å². The van der Waals surface area contributed by atoms with Crippen molar-refractivity contribution < 1.29 is 24.2 Å². The molecule has 1 spiro atoms. The first-order valence-corrected chi connectivity index (χ1v) is 13.4. The van der Waals surface area contributed by atoms with Crippen LogP contribution >= 0.6 is 0 Å². The summed E-state index contributed by atoms with van der Waals surface area (Å²) in [6.45, 7) is 20.3. The number of aliphatic hydroxyl groups excluding tert-OH is 1. The molecule has 36 heavy (non-hydrogen) atoms. The molecule has 0 aromatic heterocycles. The SMILES string of the molecule is C=CCN(CCC)C(=O)[C@@H]1[C@H]2C(=O)N([C@@H](CO)C(C)C)C(C(=O)N(CC=C)C(C)C)C23CC[C@@]1(C)O3. The fourth-order valence-corrected chi connectivity index (χ4v) is 6.76. The van der Waals surface area contributed by atoms with Crippen LogP contribution in [-0.2, 0) is 19.1 Å². The minimum Gasteiger partial charge on any atom is -0.394 e. The number of carbonyl (C=O) groups is 3. The van der Waals surface area contributed by atoms with Crippen LogP contribution in [0, 0.1) is 17.8 Å². The summed E-state index contributed by atoms with van der Waals surface area (Å²) in [4.78, 5) is 47.5. The fourth-order valence-electron chi connectivity index (χ4n) is 6.76. The summed E-state index contributed by atoms with van der Waals surface area (Å²) in [6.07, 6.45) is 5.27. The van der Waals surface area contributed by atoms with Gasteiger partial charge < -0.3 is 24.5 Å². The second-order valence-corrected chi connectivity index (χ2v) is 11.4. The molecule has 6 atom stereocenters. The Hall–Kier alpha value is -2.19. The van der Waals surface area contributed by atoms with E-state index in [4.69, 9.17) is 4.74 Å². The smallest absolute Gasteiger partial charge is 0.248 e. The lowest BCUT2D eigenvalue weighted by molar-refractivity contribution is -0.158. The zero-order chi connectivity index (χ0) is 27.0. The highest BCUT2D eigenvalue weighted by Gasteiger charge is 2.79. The highest BCUT2D eigenvalue weighted by Crippen LogP contribution is 2.64. The Morgan fingerprint density at radius 1 is 1.17 bits per heavy atom. The fraction of sp³-hybridized carbons (Fsp3) is 0.750. The maximum atomic E-state index is 14.3. The number of likely N-dealkylation sites (tertiary alicyclic amines) is 1. The Morgan fingerprint density at radius 2 is 1.81 bits per heavy atom. The summed E-state index contributed by atoms with van der Waals surface area (Å²) in [6, 6.07) is -1.58. The zero-order valence-corrected chi connectivity index (χ0v) is 22.9. The molecule has 0 aromatic rings. The van der Waals surface area contributed by atoms with Crippen molar-refractivity contribution in [2.45, 2.75) is 90.1 Å². The molecule has 3 aliphatic heterocycles. The maximum Gasteiger partial charge on any atom is 0.248 e. The van der Waals surface area contributed by atoms with E-state index in [1.807, 2.05) is 41.5 Å². The van der Waals surface area contributed by atoms with Crippen molar-refractivity contribution in [2.24, 2.45) is 17.8 Å². The Kier molecular flexibility index (Phi) is 8.40. The largest absolute Gasteiger partial charge is 0.394 e. The molecule has 3 fully saturated rings. The molecular formula is C28H45N3O5. The molecule has 2 unspecified atom stereocenters. The van der Waals surface area contributed by atoms with Crippen LogP contribution < -0.4 is 0 Å². The predicted molar refractivity (Wildman–Crippen MR) is 139 cm³/mol. The topological polar surface area (TPSA) is 90.4 Å². The first kappa shape index (κ1) is 28.4. The van der Waals surface area contributed by atoms with Crippen molar-refractivity contribution >= 4 is 17.7 Å². The van der Waals surface area contributed by atoms with Crippen molar-refractivity contribution in [3.63, 3.8) is 0 Å². The van der Waals surface area contributed by atoms with Gasteiger partial charge in [-0.2, -0.15) is 0 Å². The first-order chi connectivity index (χ1) is 16.9. The lowest BCUT2D eigenvalue weighted by Gasteiger charge is -2.41. The van der Waals surface area contributed by atoms with Gasteiger partial charge in [-0.1, -0.05) is 32.9 Å². The van der Waals surface area contributed by atoms with Crippen LogP contribution in [0.25, 0.3) is 0 Å². The predicted octanol–water partition coefficient (Wildman–Crippen LogP) is 2.62. The molecule has 0 saturated carbocycles. The molecule has 3 amide bonds. The maximum absolute atomic E-state index is 14.3. The van der Waals surface area contributed by atoms with Crippen LogP contribution in [0.4, 0.5) is 0 Å². The van der Waals surface area contributed by atoms with Crippen molar-refractivity contribution in [3.05, 3.63) is 25.3 Å². The third-order valence-corrected chi connectivity index (χ3v) is 8.42. The van der Waals surface area contributed by atoms with E-state index < -0.39 is 35.1 Å². The molecule has 3 saturated heterocycles. The van der Waals surface area contributed by atoms with Crippen molar-refractivity contribution in [1.29, 1.82) is 0 Å². The van der Waals surface area contributed by atoms with E-state index in [9.17, 15) is 19.5 Å². The van der Waals surface area contributed by atoms with Crippen LogP contribution in [0.15, 0.2) is 25.3 Å². The van der Waals surface area contributed by atoms with Gasteiger partial charge >= 0.3 is 0 Å². The van der Waals surface area contributed by atoms with Gasteiger partial charge in [-0.3, -0.25) is 14.4 Å². The van der Waals surface area contributed by atoms with Gasteiger partial charge in [-0.05, 0) is 46.0 Å². The molecule has 8 heteroatoms. The van der Waals surface area contributed by atoms with Crippen molar-refractivity contribution in [1.82, 2.24) is 14.7 Å². The highest BCUT2D eigenvalue weighted by molar-refractivity contribution is 5.99. The van der Waals surface area contributed by atoms with Crippen LogP contribution in [-0.4, -0.2) is 93.1 Å². The van der Waals surface area contributed by atoms with Crippen LogP contribution in [0.2, 0.25) is 0 Å². The van der Waals surface area contributed by atoms with Crippen molar-refractivity contribution in [3.8, 4) is 0 Å². The van der Waals surface area contributed by atoms with E-state index in [1.165, 1.54) is 0 Å². The van der Waals surface area contributed by atoms with Gasteiger partial charge in [0.05, 0.1) is 30.1 Å². The number of rotatable bonds is 12. The van der Waals surface area contributed by atoms with Crippen molar-refractivity contribution in [2.75, 3.05) is 26.2 Å². The zero-order valence-electron chi connectivity index (χ0n) is 22.9. The Balaban J connectivity index is 2.16. The average Bonchev–Trinajstić information content (AvgIpc) is 3.38. The molecule has 0 aliphatic carbocycles. The lowest BCUT2D eigenvalue weighted by atomic mass is 9.66. The van der Waals surface area contributed by atoms with Gasteiger partial charge in [0.2, 0.25) is 17.7 Å². The Labute approximate surface area is 216 Å². The Morgan fingerprint density at radius 3 is 2.31 bits per heavy atom.